The molecule has 9 heteroatoms. The summed E-state index contributed by atoms with van der Waals surface area (Å²) in [6.07, 6.45) is 1.54. The van der Waals surface area contributed by atoms with Crippen molar-refractivity contribution in [3.63, 3.8) is 0 Å². The van der Waals surface area contributed by atoms with Gasteiger partial charge in [-0.3, -0.25) is 9.59 Å². The maximum absolute atomic E-state index is 14.6. The minimum absolute atomic E-state index is 0.0397. The van der Waals surface area contributed by atoms with E-state index in [4.69, 9.17) is 20.8 Å². The number of carbonyl (C=O) groups excluding carboxylic acids is 2. The number of halogens is 2. The molecule has 0 saturated heterocycles. The predicted molar refractivity (Wildman–Crippen MR) is 121 cm³/mol. The Balaban J connectivity index is 1.57. The average molecular weight is 475 g/mol. The normalized spacial score (nSPS) is 13.1. The van der Waals surface area contributed by atoms with E-state index in [0.29, 0.717) is 29.4 Å². The molecule has 0 saturated carbocycles. The summed E-state index contributed by atoms with van der Waals surface area (Å²) in [5.41, 5.74) is 1.25. The second kappa shape index (κ2) is 9.67. The number of furan rings is 1. The molecule has 1 aliphatic rings. The van der Waals surface area contributed by atoms with E-state index in [1.165, 1.54) is 28.8 Å². The third-order valence-corrected chi connectivity index (χ3v) is 6.38. The maximum atomic E-state index is 14.6. The van der Waals surface area contributed by atoms with Gasteiger partial charge in [0, 0.05) is 16.0 Å². The van der Waals surface area contributed by atoms with E-state index in [1.54, 1.807) is 36.6 Å². The molecule has 0 unspecified atom stereocenters. The molecule has 0 aliphatic carbocycles. The largest absolute Gasteiger partial charge is 0.492 e. The van der Waals surface area contributed by atoms with Crippen LogP contribution in [-0.2, 0) is 17.9 Å². The molecule has 0 fully saturated rings. The number of thioether (sulfide) groups is 1. The number of carbonyl (C=O) groups is 2. The van der Waals surface area contributed by atoms with Crippen LogP contribution >= 0.6 is 23.4 Å². The summed E-state index contributed by atoms with van der Waals surface area (Å²) in [4.78, 5) is 27.4. The van der Waals surface area contributed by atoms with Crippen LogP contribution in [-0.4, -0.2) is 24.2 Å². The molecule has 0 atom stereocenters. The first-order valence-electron chi connectivity index (χ1n) is 9.95. The Bertz CT molecular complexity index is 1150. The Kier molecular flexibility index (Phi) is 6.72. The van der Waals surface area contributed by atoms with Crippen LogP contribution in [0.15, 0.2) is 58.0 Å². The Labute approximate surface area is 193 Å². The predicted octanol–water partition coefficient (Wildman–Crippen LogP) is 5.04. The van der Waals surface area contributed by atoms with E-state index in [2.05, 4.69) is 5.32 Å². The SMILES string of the molecule is CCOc1ccc(F)c(CN2C(=O)CSc3cc(C(=O)NCc4ccco4)ccc32)c1Cl. The number of fused-ring (bicyclic) bond motifs is 1. The number of hydrogen-bond acceptors (Lipinski definition) is 5. The summed E-state index contributed by atoms with van der Waals surface area (Å²) in [5, 5.41) is 2.94. The van der Waals surface area contributed by atoms with Crippen molar-refractivity contribution >= 4 is 40.9 Å². The lowest BCUT2D eigenvalue weighted by atomic mass is 10.1. The Morgan fingerprint density at radius 3 is 2.91 bits per heavy atom. The van der Waals surface area contributed by atoms with Gasteiger partial charge >= 0.3 is 0 Å². The summed E-state index contributed by atoms with van der Waals surface area (Å²) in [7, 11) is 0. The van der Waals surface area contributed by atoms with Gasteiger partial charge < -0.3 is 19.4 Å². The van der Waals surface area contributed by atoms with Crippen molar-refractivity contribution in [3.8, 4) is 5.75 Å². The standard InChI is InChI=1S/C23H20ClFN2O4S/c1-2-30-19-8-6-17(25)16(22(19)24)12-27-18-7-5-14(10-20(18)32-13-21(27)28)23(29)26-11-15-4-3-9-31-15/h3-10H,2,11-13H2,1H3,(H,26,29). The molecule has 6 nitrogen and oxygen atoms in total. The lowest BCUT2D eigenvalue weighted by molar-refractivity contribution is -0.116. The van der Waals surface area contributed by atoms with E-state index in [1.807, 2.05) is 6.92 Å². The molecule has 1 aromatic heterocycles. The number of nitrogens with one attached hydrogen (secondary N) is 1. The topological polar surface area (TPSA) is 71.8 Å². The molecular formula is C23H20ClFN2O4S. The number of ether oxygens (including phenoxy) is 1. The molecule has 0 bridgehead atoms. The van der Waals surface area contributed by atoms with Gasteiger partial charge in [-0.2, -0.15) is 0 Å². The highest BCUT2D eigenvalue weighted by Crippen LogP contribution is 2.39. The van der Waals surface area contributed by atoms with Gasteiger partial charge in [-0.05, 0) is 49.4 Å². The Morgan fingerprint density at radius 2 is 2.16 bits per heavy atom. The summed E-state index contributed by atoms with van der Waals surface area (Å²) in [5.74, 6) is 0.250. The van der Waals surface area contributed by atoms with Gasteiger partial charge in [0.15, 0.2) is 0 Å². The van der Waals surface area contributed by atoms with Crippen molar-refractivity contribution < 1.29 is 23.1 Å². The molecule has 0 radical (unpaired) electrons. The fraction of sp³-hybridized carbons (Fsp3) is 0.217. The number of benzene rings is 2. The van der Waals surface area contributed by atoms with E-state index >= 15 is 0 Å². The summed E-state index contributed by atoms with van der Waals surface area (Å²) >= 11 is 7.70. The van der Waals surface area contributed by atoms with Crippen LogP contribution in [0, 0.1) is 5.82 Å². The maximum Gasteiger partial charge on any atom is 0.251 e. The zero-order valence-electron chi connectivity index (χ0n) is 17.2. The van der Waals surface area contributed by atoms with Gasteiger partial charge in [0.25, 0.3) is 5.91 Å². The van der Waals surface area contributed by atoms with Crippen LogP contribution in [0.25, 0.3) is 0 Å². The monoisotopic (exact) mass is 474 g/mol. The first-order chi connectivity index (χ1) is 15.5. The van der Waals surface area contributed by atoms with Gasteiger partial charge in [0.05, 0.1) is 42.4 Å². The highest BCUT2D eigenvalue weighted by molar-refractivity contribution is 8.00. The van der Waals surface area contributed by atoms with Crippen LogP contribution in [0.2, 0.25) is 5.02 Å². The first kappa shape index (κ1) is 22.2. The number of nitrogens with zero attached hydrogens (tertiary/aromatic N) is 1. The lowest BCUT2D eigenvalue weighted by Crippen LogP contribution is -2.35. The third-order valence-electron chi connectivity index (χ3n) is 4.93. The molecule has 166 valence electrons. The van der Waals surface area contributed by atoms with Crippen molar-refractivity contribution in [2.75, 3.05) is 17.3 Å². The number of hydrogen-bond donors (Lipinski definition) is 1. The van der Waals surface area contributed by atoms with Gasteiger partial charge in [-0.1, -0.05) is 11.6 Å². The molecular weight excluding hydrogens is 455 g/mol. The smallest absolute Gasteiger partial charge is 0.251 e. The fourth-order valence-corrected chi connectivity index (χ4v) is 4.59. The van der Waals surface area contributed by atoms with Crippen LogP contribution in [0.3, 0.4) is 0 Å². The zero-order chi connectivity index (χ0) is 22.7. The van der Waals surface area contributed by atoms with Crippen molar-refractivity contribution in [1.82, 2.24) is 5.32 Å². The second-order valence-corrected chi connectivity index (χ2v) is 8.38. The Morgan fingerprint density at radius 1 is 1.31 bits per heavy atom. The summed E-state index contributed by atoms with van der Waals surface area (Å²) in [6.45, 7) is 2.43. The summed E-state index contributed by atoms with van der Waals surface area (Å²) < 4.78 is 25.2. The Hall–Kier alpha value is -2.97. The first-order valence-corrected chi connectivity index (χ1v) is 11.3. The molecule has 4 rings (SSSR count). The quantitative estimate of drug-likeness (QED) is 0.519. The van der Waals surface area contributed by atoms with Gasteiger partial charge in [-0.25, -0.2) is 4.39 Å². The van der Waals surface area contributed by atoms with E-state index < -0.39 is 5.82 Å². The average Bonchev–Trinajstić information content (AvgIpc) is 3.31. The van der Waals surface area contributed by atoms with Gasteiger partial charge in [0.2, 0.25) is 5.91 Å². The van der Waals surface area contributed by atoms with Crippen LogP contribution < -0.4 is 15.0 Å². The molecule has 1 N–H and O–H groups in total. The second-order valence-electron chi connectivity index (χ2n) is 6.98. The number of amides is 2. The van der Waals surface area contributed by atoms with E-state index in [9.17, 15) is 14.0 Å². The molecule has 32 heavy (non-hydrogen) atoms. The molecule has 1 aliphatic heterocycles. The minimum Gasteiger partial charge on any atom is -0.492 e. The fourth-order valence-electron chi connectivity index (χ4n) is 3.35. The van der Waals surface area contributed by atoms with Crippen LogP contribution in [0.4, 0.5) is 10.1 Å². The third kappa shape index (κ3) is 4.61. The lowest BCUT2D eigenvalue weighted by Gasteiger charge is -2.30. The van der Waals surface area contributed by atoms with E-state index in [-0.39, 0.29) is 41.2 Å². The summed E-state index contributed by atoms with van der Waals surface area (Å²) in [6, 6.07) is 11.3. The number of rotatable bonds is 7. The molecule has 2 heterocycles. The highest BCUT2D eigenvalue weighted by Gasteiger charge is 2.28. The number of anilines is 1. The zero-order valence-corrected chi connectivity index (χ0v) is 18.8. The van der Waals surface area contributed by atoms with Crippen LogP contribution in [0.5, 0.6) is 5.75 Å². The highest BCUT2D eigenvalue weighted by atomic mass is 35.5. The molecule has 3 aromatic rings. The molecule has 2 aromatic carbocycles. The van der Waals surface area contributed by atoms with Crippen molar-refractivity contribution in [3.05, 3.63) is 76.5 Å². The van der Waals surface area contributed by atoms with Crippen molar-refractivity contribution in [2.45, 2.75) is 24.9 Å². The van der Waals surface area contributed by atoms with E-state index in [0.717, 1.165) is 4.90 Å². The van der Waals surface area contributed by atoms with Gasteiger partial charge in [-0.15, -0.1) is 11.8 Å². The molecule has 2 amide bonds. The molecule has 0 spiro atoms. The van der Waals surface area contributed by atoms with Crippen molar-refractivity contribution in [1.29, 1.82) is 0 Å². The van der Waals surface area contributed by atoms with Crippen LogP contribution in [0.1, 0.15) is 28.6 Å². The van der Waals surface area contributed by atoms with Gasteiger partial charge in [0.1, 0.15) is 17.3 Å². The minimum atomic E-state index is -0.514. The van der Waals surface area contributed by atoms with Crippen molar-refractivity contribution in [2.24, 2.45) is 0 Å².